The summed E-state index contributed by atoms with van der Waals surface area (Å²) in [6, 6.07) is 6.55. The van der Waals surface area contributed by atoms with E-state index >= 15 is 0 Å². The molecule has 2 N–H and O–H groups in total. The van der Waals surface area contributed by atoms with E-state index in [4.69, 9.17) is 0 Å². The summed E-state index contributed by atoms with van der Waals surface area (Å²) in [4.78, 5) is 30.9. The van der Waals surface area contributed by atoms with Gasteiger partial charge in [0.15, 0.2) is 0 Å². The summed E-state index contributed by atoms with van der Waals surface area (Å²) in [6.07, 6.45) is 11.8. The first-order valence-electron chi connectivity index (χ1n) is 13.6. The van der Waals surface area contributed by atoms with Crippen molar-refractivity contribution in [1.29, 1.82) is 0 Å². The van der Waals surface area contributed by atoms with Gasteiger partial charge in [0.05, 0.1) is 11.5 Å². The molecule has 1 unspecified atom stereocenters. The summed E-state index contributed by atoms with van der Waals surface area (Å²) in [6.45, 7) is 4.73. The molecular formula is C28H41N3O3. The van der Waals surface area contributed by atoms with Gasteiger partial charge in [-0.3, -0.25) is 9.59 Å². The highest BCUT2D eigenvalue weighted by Gasteiger charge is 2.50. The summed E-state index contributed by atoms with van der Waals surface area (Å²) in [5.74, 6) is 0.655. The van der Waals surface area contributed by atoms with Gasteiger partial charge in [-0.2, -0.15) is 0 Å². The van der Waals surface area contributed by atoms with Gasteiger partial charge in [-0.05, 0) is 88.5 Å². The number of aliphatic hydroxyl groups excluding tert-OH is 1. The van der Waals surface area contributed by atoms with Crippen molar-refractivity contribution in [2.45, 2.75) is 96.1 Å². The second kappa shape index (κ2) is 9.88. The molecular weight excluding hydrogens is 426 g/mol. The van der Waals surface area contributed by atoms with Crippen LogP contribution < -0.4 is 10.2 Å². The minimum Gasteiger partial charge on any atom is -0.393 e. The number of piperidine rings is 1. The van der Waals surface area contributed by atoms with E-state index in [-0.39, 0.29) is 23.3 Å². The van der Waals surface area contributed by atoms with Gasteiger partial charge in [0, 0.05) is 43.0 Å². The molecule has 1 atom stereocenters. The van der Waals surface area contributed by atoms with E-state index in [1.165, 1.54) is 12.1 Å². The topological polar surface area (TPSA) is 72.9 Å². The molecule has 6 heteroatoms. The lowest BCUT2D eigenvalue weighted by Crippen LogP contribution is -2.50. The highest BCUT2D eigenvalue weighted by molar-refractivity contribution is 5.93. The lowest BCUT2D eigenvalue weighted by Gasteiger charge is -2.42. The third kappa shape index (κ3) is 4.71. The zero-order chi connectivity index (χ0) is 23.7. The van der Waals surface area contributed by atoms with E-state index in [2.05, 4.69) is 34.2 Å². The molecule has 2 amide bonds. The van der Waals surface area contributed by atoms with E-state index in [9.17, 15) is 14.7 Å². The molecule has 1 spiro atoms. The summed E-state index contributed by atoms with van der Waals surface area (Å²) >= 11 is 0. The number of aryl methyl sites for hydroxylation is 1. The Morgan fingerprint density at radius 3 is 2.50 bits per heavy atom. The molecule has 0 radical (unpaired) electrons. The molecule has 1 aromatic carbocycles. The maximum Gasteiger partial charge on any atom is 0.230 e. The number of carbonyl (C=O) groups excluding carboxylic acids is 2. The van der Waals surface area contributed by atoms with Crippen molar-refractivity contribution >= 4 is 23.2 Å². The second-order valence-electron chi connectivity index (χ2n) is 11.3. The number of hydrogen-bond acceptors (Lipinski definition) is 4. The van der Waals surface area contributed by atoms with Gasteiger partial charge < -0.3 is 20.2 Å². The fourth-order valence-electron chi connectivity index (χ4n) is 6.98. The van der Waals surface area contributed by atoms with E-state index in [1.54, 1.807) is 0 Å². The molecule has 0 aromatic heterocycles. The maximum absolute atomic E-state index is 13.6. The van der Waals surface area contributed by atoms with Crippen LogP contribution in [0.2, 0.25) is 0 Å². The molecule has 2 aliphatic heterocycles. The van der Waals surface area contributed by atoms with Crippen LogP contribution in [0.25, 0.3) is 0 Å². The quantitative estimate of drug-likeness (QED) is 0.677. The molecule has 34 heavy (non-hydrogen) atoms. The Hall–Kier alpha value is -2.08. The molecule has 2 aliphatic carbocycles. The molecule has 186 valence electrons. The van der Waals surface area contributed by atoms with E-state index < -0.39 is 0 Å². The molecule has 1 aromatic rings. The van der Waals surface area contributed by atoms with Crippen LogP contribution in [-0.4, -0.2) is 53.6 Å². The number of carbonyl (C=O) groups is 2. The van der Waals surface area contributed by atoms with Crippen LogP contribution in [0, 0.1) is 18.3 Å². The highest BCUT2D eigenvalue weighted by Crippen LogP contribution is 2.44. The van der Waals surface area contributed by atoms with Gasteiger partial charge in [-0.25, -0.2) is 0 Å². The predicted octanol–water partition coefficient (Wildman–Crippen LogP) is 4.64. The number of benzene rings is 1. The zero-order valence-corrected chi connectivity index (χ0v) is 20.7. The van der Waals surface area contributed by atoms with Gasteiger partial charge >= 0.3 is 0 Å². The van der Waals surface area contributed by atoms with Crippen LogP contribution >= 0.6 is 0 Å². The van der Waals surface area contributed by atoms with Crippen molar-refractivity contribution in [1.82, 2.24) is 4.90 Å². The Balaban J connectivity index is 1.24. The Bertz CT molecular complexity index is 904. The lowest BCUT2D eigenvalue weighted by atomic mass is 9.78. The third-order valence-electron chi connectivity index (χ3n) is 9.01. The SMILES string of the molecule is Cc1cc(NC(=O)C2CCCCC2)ccc1N1CCCC2(CCN(C3CCC(O)CC3)C2=O)C1. The summed E-state index contributed by atoms with van der Waals surface area (Å²) in [7, 11) is 0. The highest BCUT2D eigenvalue weighted by atomic mass is 16.3. The number of nitrogens with zero attached hydrogens (tertiary/aromatic N) is 2. The third-order valence-corrected chi connectivity index (χ3v) is 9.01. The van der Waals surface area contributed by atoms with Crippen LogP contribution in [0.4, 0.5) is 11.4 Å². The standard InChI is InChI=1S/C28H41N3O3/c1-20-18-22(29-26(33)21-6-3-2-4-7-21)8-13-25(20)30-16-5-14-28(19-30)15-17-31(27(28)34)23-9-11-24(32)12-10-23/h8,13,18,21,23-24,32H,2-7,9-12,14-17,19H2,1H3,(H,29,33). The monoisotopic (exact) mass is 467 g/mol. The Morgan fingerprint density at radius 1 is 1.00 bits per heavy atom. The number of likely N-dealkylation sites (tertiary alicyclic amines) is 1. The van der Waals surface area contributed by atoms with Gasteiger partial charge in [-0.1, -0.05) is 19.3 Å². The van der Waals surface area contributed by atoms with Crippen LogP contribution in [0.5, 0.6) is 0 Å². The predicted molar refractivity (Wildman–Crippen MR) is 135 cm³/mol. The van der Waals surface area contributed by atoms with Gasteiger partial charge in [0.2, 0.25) is 11.8 Å². The number of amides is 2. The summed E-state index contributed by atoms with van der Waals surface area (Å²) < 4.78 is 0. The van der Waals surface area contributed by atoms with E-state index in [0.717, 1.165) is 102 Å². The number of nitrogens with one attached hydrogen (secondary N) is 1. The first kappa shape index (κ1) is 23.7. The molecule has 2 heterocycles. The largest absolute Gasteiger partial charge is 0.393 e. The first-order valence-corrected chi connectivity index (χ1v) is 13.6. The smallest absolute Gasteiger partial charge is 0.230 e. The fraction of sp³-hybridized carbons (Fsp3) is 0.714. The van der Waals surface area contributed by atoms with Crippen molar-refractivity contribution < 1.29 is 14.7 Å². The number of anilines is 2. The lowest BCUT2D eigenvalue weighted by molar-refractivity contribution is -0.139. The molecule has 6 nitrogen and oxygen atoms in total. The van der Waals surface area contributed by atoms with E-state index in [1.807, 2.05) is 6.07 Å². The van der Waals surface area contributed by atoms with Crippen molar-refractivity contribution in [2.75, 3.05) is 29.9 Å². The minimum absolute atomic E-state index is 0.152. The molecule has 4 aliphatic rings. The first-order chi connectivity index (χ1) is 16.4. The molecule has 0 bridgehead atoms. The van der Waals surface area contributed by atoms with Crippen LogP contribution in [0.1, 0.15) is 82.6 Å². The summed E-state index contributed by atoms with van der Waals surface area (Å²) in [5, 5.41) is 13.0. The van der Waals surface area contributed by atoms with Gasteiger partial charge in [0.1, 0.15) is 0 Å². The van der Waals surface area contributed by atoms with Crippen LogP contribution in [0.3, 0.4) is 0 Å². The molecule has 2 saturated carbocycles. The fourth-order valence-corrected chi connectivity index (χ4v) is 6.98. The zero-order valence-electron chi connectivity index (χ0n) is 20.7. The number of hydrogen-bond donors (Lipinski definition) is 2. The van der Waals surface area contributed by atoms with Crippen LogP contribution in [0.15, 0.2) is 18.2 Å². The number of aliphatic hydroxyl groups is 1. The van der Waals surface area contributed by atoms with Crippen molar-refractivity contribution in [3.05, 3.63) is 23.8 Å². The molecule has 4 fully saturated rings. The van der Waals surface area contributed by atoms with Crippen molar-refractivity contribution in [3.8, 4) is 0 Å². The molecule has 2 saturated heterocycles. The van der Waals surface area contributed by atoms with Gasteiger partial charge in [-0.15, -0.1) is 0 Å². The van der Waals surface area contributed by atoms with Crippen LogP contribution in [-0.2, 0) is 9.59 Å². The normalized spacial score (nSPS) is 30.7. The van der Waals surface area contributed by atoms with E-state index in [0.29, 0.717) is 11.9 Å². The summed E-state index contributed by atoms with van der Waals surface area (Å²) in [5.41, 5.74) is 2.95. The second-order valence-corrected chi connectivity index (χ2v) is 11.3. The Morgan fingerprint density at radius 2 is 1.76 bits per heavy atom. The Kier molecular flexibility index (Phi) is 6.88. The van der Waals surface area contributed by atoms with Gasteiger partial charge in [0.25, 0.3) is 0 Å². The maximum atomic E-state index is 13.6. The van der Waals surface area contributed by atoms with Crippen molar-refractivity contribution in [3.63, 3.8) is 0 Å². The average molecular weight is 468 g/mol. The number of rotatable bonds is 4. The average Bonchev–Trinajstić information content (AvgIpc) is 3.15. The minimum atomic E-state index is -0.269. The molecule has 5 rings (SSSR count). The Labute approximate surface area is 204 Å². The van der Waals surface area contributed by atoms with Crippen molar-refractivity contribution in [2.24, 2.45) is 11.3 Å².